The fourth-order valence-corrected chi connectivity index (χ4v) is 2.35. The zero-order chi connectivity index (χ0) is 13.8. The van der Waals surface area contributed by atoms with E-state index in [1.54, 1.807) is 19.2 Å². The highest BCUT2D eigenvalue weighted by molar-refractivity contribution is 5.50. The van der Waals surface area contributed by atoms with Crippen LogP contribution in [0, 0.1) is 5.82 Å². The van der Waals surface area contributed by atoms with Crippen LogP contribution >= 0.6 is 0 Å². The van der Waals surface area contributed by atoms with E-state index in [0.29, 0.717) is 17.8 Å². The van der Waals surface area contributed by atoms with Crippen molar-refractivity contribution in [3.05, 3.63) is 29.6 Å². The highest BCUT2D eigenvalue weighted by Crippen LogP contribution is 2.24. The molecule has 106 valence electrons. The lowest BCUT2D eigenvalue weighted by molar-refractivity contribution is 0.177. The third-order valence-corrected chi connectivity index (χ3v) is 3.60. The lowest BCUT2D eigenvalue weighted by Crippen LogP contribution is -2.44. The molecule has 0 aromatic heterocycles. The summed E-state index contributed by atoms with van der Waals surface area (Å²) in [5.74, 6) is -0.253. The van der Waals surface area contributed by atoms with Gasteiger partial charge in [0.2, 0.25) is 0 Å². The fourth-order valence-electron chi connectivity index (χ4n) is 2.35. The van der Waals surface area contributed by atoms with Crippen LogP contribution in [-0.4, -0.2) is 56.8 Å². The van der Waals surface area contributed by atoms with Crippen LogP contribution in [-0.2, 0) is 0 Å². The number of benzene rings is 1. The van der Waals surface area contributed by atoms with Crippen molar-refractivity contribution in [1.82, 2.24) is 10.2 Å². The molecule has 1 unspecified atom stereocenters. The smallest absolute Gasteiger partial charge is 0.146 e. The third kappa shape index (κ3) is 3.43. The topological polar surface area (TPSA) is 38.7 Å². The molecule has 0 radical (unpaired) electrons. The van der Waals surface area contributed by atoms with Gasteiger partial charge in [0.25, 0.3) is 0 Å². The Hall–Kier alpha value is -1.17. The second-order valence-corrected chi connectivity index (χ2v) is 5.07. The number of nitrogens with one attached hydrogen (secondary N) is 1. The summed E-state index contributed by atoms with van der Waals surface area (Å²) in [7, 11) is 3.84. The molecule has 1 atom stereocenters. The van der Waals surface area contributed by atoms with Crippen LogP contribution in [0.2, 0.25) is 0 Å². The van der Waals surface area contributed by atoms with Crippen LogP contribution in [0.25, 0.3) is 0 Å². The van der Waals surface area contributed by atoms with Crippen molar-refractivity contribution in [2.45, 2.75) is 6.10 Å². The summed E-state index contributed by atoms with van der Waals surface area (Å²) in [6.45, 7) is 4.00. The SMILES string of the molecule is CNCC(O)c1ccc(N2CCN(C)CC2)c(F)c1. The molecule has 1 aromatic rings. The van der Waals surface area contributed by atoms with Gasteiger partial charge in [-0.05, 0) is 31.8 Å². The summed E-state index contributed by atoms with van der Waals surface area (Å²) in [5.41, 5.74) is 1.25. The lowest BCUT2D eigenvalue weighted by atomic mass is 10.1. The molecule has 1 aliphatic heterocycles. The van der Waals surface area contributed by atoms with Gasteiger partial charge in [-0.1, -0.05) is 6.07 Å². The Labute approximate surface area is 113 Å². The summed E-state index contributed by atoms with van der Waals surface area (Å²) < 4.78 is 14.1. The largest absolute Gasteiger partial charge is 0.387 e. The van der Waals surface area contributed by atoms with Crippen LogP contribution in [0.4, 0.5) is 10.1 Å². The van der Waals surface area contributed by atoms with E-state index in [9.17, 15) is 9.50 Å². The van der Waals surface area contributed by atoms with Gasteiger partial charge in [0.15, 0.2) is 0 Å². The Bertz CT molecular complexity index is 419. The fraction of sp³-hybridized carbons (Fsp3) is 0.571. The van der Waals surface area contributed by atoms with E-state index in [0.717, 1.165) is 26.2 Å². The maximum absolute atomic E-state index is 14.1. The molecule has 0 amide bonds. The molecule has 0 saturated carbocycles. The van der Waals surface area contributed by atoms with E-state index in [2.05, 4.69) is 22.2 Å². The van der Waals surface area contributed by atoms with Crippen LogP contribution in [0.15, 0.2) is 18.2 Å². The highest BCUT2D eigenvalue weighted by Gasteiger charge is 2.18. The van der Waals surface area contributed by atoms with Gasteiger partial charge in [-0.2, -0.15) is 0 Å². The minimum Gasteiger partial charge on any atom is -0.387 e. The van der Waals surface area contributed by atoms with E-state index in [4.69, 9.17) is 0 Å². The minimum atomic E-state index is -0.666. The monoisotopic (exact) mass is 267 g/mol. The first-order valence-electron chi connectivity index (χ1n) is 6.67. The van der Waals surface area contributed by atoms with Gasteiger partial charge >= 0.3 is 0 Å². The number of hydrogen-bond acceptors (Lipinski definition) is 4. The second-order valence-electron chi connectivity index (χ2n) is 5.07. The molecule has 1 fully saturated rings. The number of rotatable bonds is 4. The van der Waals surface area contributed by atoms with E-state index >= 15 is 0 Å². The van der Waals surface area contributed by atoms with Crippen molar-refractivity contribution in [3.63, 3.8) is 0 Å². The van der Waals surface area contributed by atoms with Crippen LogP contribution in [0.3, 0.4) is 0 Å². The van der Waals surface area contributed by atoms with Crippen molar-refractivity contribution in [1.29, 1.82) is 0 Å². The number of aliphatic hydroxyl groups is 1. The number of hydrogen-bond donors (Lipinski definition) is 2. The van der Waals surface area contributed by atoms with Crippen molar-refractivity contribution >= 4 is 5.69 Å². The second kappa shape index (κ2) is 6.32. The summed E-state index contributed by atoms with van der Waals surface area (Å²) in [6, 6.07) is 5.02. The van der Waals surface area contributed by atoms with Gasteiger partial charge in [0.1, 0.15) is 5.82 Å². The molecule has 1 aliphatic rings. The third-order valence-electron chi connectivity index (χ3n) is 3.60. The first-order chi connectivity index (χ1) is 9.11. The normalized spacial score (nSPS) is 18.6. The molecule has 2 rings (SSSR count). The van der Waals surface area contributed by atoms with Crippen LogP contribution in [0.5, 0.6) is 0 Å². The summed E-state index contributed by atoms with van der Waals surface area (Å²) in [6.07, 6.45) is -0.666. The average molecular weight is 267 g/mol. The maximum atomic E-state index is 14.1. The molecular weight excluding hydrogens is 245 g/mol. The van der Waals surface area contributed by atoms with Gasteiger partial charge < -0.3 is 20.2 Å². The molecule has 1 aromatic carbocycles. The highest BCUT2D eigenvalue weighted by atomic mass is 19.1. The summed E-state index contributed by atoms with van der Waals surface area (Å²) in [4.78, 5) is 4.29. The Balaban J connectivity index is 2.10. The molecule has 0 bridgehead atoms. The number of halogens is 1. The molecule has 0 spiro atoms. The van der Waals surface area contributed by atoms with Crippen molar-refractivity contribution in [3.8, 4) is 0 Å². The predicted octanol–water partition coefficient (Wildman–Crippen LogP) is 0.830. The first-order valence-corrected chi connectivity index (χ1v) is 6.67. The number of piperazine rings is 1. The quantitative estimate of drug-likeness (QED) is 0.847. The van der Waals surface area contributed by atoms with Gasteiger partial charge in [-0.3, -0.25) is 0 Å². The Morgan fingerprint density at radius 2 is 2.00 bits per heavy atom. The van der Waals surface area contributed by atoms with Crippen LogP contribution < -0.4 is 10.2 Å². The minimum absolute atomic E-state index is 0.253. The number of likely N-dealkylation sites (N-methyl/N-ethyl adjacent to an activating group) is 2. The maximum Gasteiger partial charge on any atom is 0.146 e. The molecular formula is C14H22FN3O. The summed E-state index contributed by atoms with van der Waals surface area (Å²) >= 11 is 0. The Morgan fingerprint density at radius 3 is 2.58 bits per heavy atom. The van der Waals surface area contributed by atoms with E-state index < -0.39 is 6.10 Å². The molecule has 5 heteroatoms. The molecule has 2 N–H and O–H groups in total. The zero-order valence-electron chi connectivity index (χ0n) is 11.6. The Kier molecular flexibility index (Phi) is 4.74. The van der Waals surface area contributed by atoms with Crippen molar-refractivity contribution in [2.24, 2.45) is 0 Å². The molecule has 4 nitrogen and oxygen atoms in total. The zero-order valence-corrected chi connectivity index (χ0v) is 11.6. The molecule has 1 heterocycles. The lowest BCUT2D eigenvalue weighted by Gasteiger charge is -2.34. The molecule has 19 heavy (non-hydrogen) atoms. The molecule has 0 aliphatic carbocycles. The van der Waals surface area contributed by atoms with Gasteiger partial charge in [-0.25, -0.2) is 4.39 Å². The van der Waals surface area contributed by atoms with E-state index in [-0.39, 0.29) is 5.82 Å². The molecule has 1 saturated heterocycles. The van der Waals surface area contributed by atoms with Crippen LogP contribution in [0.1, 0.15) is 11.7 Å². The van der Waals surface area contributed by atoms with E-state index in [1.807, 2.05) is 0 Å². The summed E-state index contributed by atoms with van der Waals surface area (Å²) in [5, 5.41) is 12.7. The first kappa shape index (κ1) is 14.2. The average Bonchev–Trinajstić information content (AvgIpc) is 2.40. The predicted molar refractivity (Wildman–Crippen MR) is 75.0 cm³/mol. The van der Waals surface area contributed by atoms with Crippen molar-refractivity contribution < 1.29 is 9.50 Å². The number of aliphatic hydroxyl groups excluding tert-OH is 1. The standard InChI is InChI=1S/C14H22FN3O/c1-16-10-14(19)11-3-4-13(12(15)9-11)18-7-5-17(2)6-8-18/h3-4,9,14,16,19H,5-8,10H2,1-2H3. The van der Waals surface area contributed by atoms with Gasteiger partial charge in [-0.15, -0.1) is 0 Å². The van der Waals surface area contributed by atoms with Crippen molar-refractivity contribution in [2.75, 3.05) is 51.7 Å². The number of anilines is 1. The Morgan fingerprint density at radius 1 is 1.32 bits per heavy atom. The van der Waals surface area contributed by atoms with Gasteiger partial charge in [0.05, 0.1) is 11.8 Å². The van der Waals surface area contributed by atoms with E-state index in [1.165, 1.54) is 6.07 Å². The van der Waals surface area contributed by atoms with Gasteiger partial charge in [0, 0.05) is 32.7 Å². The number of nitrogens with zero attached hydrogens (tertiary/aromatic N) is 2.